The Labute approximate surface area is 232 Å². The van der Waals surface area contributed by atoms with Crippen LogP contribution in [0, 0.1) is 11.8 Å². The van der Waals surface area contributed by atoms with Crippen LogP contribution in [0.25, 0.3) is 11.3 Å². The van der Waals surface area contributed by atoms with Gasteiger partial charge in [-0.05, 0) is 50.6 Å². The summed E-state index contributed by atoms with van der Waals surface area (Å²) in [5, 5.41) is 5.20. The standard InChI is InChI=1S/C26H28F5N5O4S/c1-32-12-24(6-7-24)34-22(37)17-10-16(11-18(17)23(38)36-13-25(27,28)14-36)41(39,40)21-4-3-15(9-19(21)26(29,30)31)20-5-8-33-35(20)2/h3-5,8-9,16-18H,1,6-7,10-14H2,2H3,(H,34,37). The smallest absolute Gasteiger partial charge is 0.349 e. The molecule has 41 heavy (non-hydrogen) atoms. The second-order valence-corrected chi connectivity index (χ2v) is 13.3. The molecule has 1 N–H and O–H groups in total. The summed E-state index contributed by atoms with van der Waals surface area (Å²) in [6.07, 6.45) is -3.40. The maximum atomic E-state index is 14.2. The van der Waals surface area contributed by atoms with Gasteiger partial charge in [0.2, 0.25) is 11.8 Å². The number of rotatable bonds is 8. The quantitative estimate of drug-likeness (QED) is 0.369. The van der Waals surface area contributed by atoms with Gasteiger partial charge in [-0.1, -0.05) is 6.07 Å². The number of carbonyl (C=O) groups is 2. The van der Waals surface area contributed by atoms with Gasteiger partial charge in [0.15, 0.2) is 9.84 Å². The Morgan fingerprint density at radius 2 is 1.80 bits per heavy atom. The first-order valence-electron chi connectivity index (χ1n) is 12.9. The molecule has 0 radical (unpaired) electrons. The molecule has 3 atom stereocenters. The first-order valence-corrected chi connectivity index (χ1v) is 14.5. The topological polar surface area (TPSA) is 114 Å². The fraction of sp³-hybridized carbons (Fsp3) is 0.538. The molecular formula is C26H28F5N5O4S. The van der Waals surface area contributed by atoms with Gasteiger partial charge in [-0.15, -0.1) is 0 Å². The zero-order valence-corrected chi connectivity index (χ0v) is 22.8. The molecule has 2 saturated carbocycles. The minimum Gasteiger partial charge on any atom is -0.349 e. The first kappa shape index (κ1) is 29.1. The summed E-state index contributed by atoms with van der Waals surface area (Å²) in [6, 6.07) is 4.32. The predicted octanol–water partition coefficient (Wildman–Crippen LogP) is 3.10. The molecule has 0 spiro atoms. The molecule has 2 aliphatic carbocycles. The fourth-order valence-corrected chi connectivity index (χ4v) is 7.77. The van der Waals surface area contributed by atoms with Crippen LogP contribution in [0.2, 0.25) is 0 Å². The molecule has 2 heterocycles. The molecule has 222 valence electrons. The van der Waals surface area contributed by atoms with Crippen LogP contribution < -0.4 is 5.32 Å². The Hall–Kier alpha value is -3.36. The Bertz CT molecular complexity index is 1490. The van der Waals surface area contributed by atoms with Gasteiger partial charge >= 0.3 is 6.18 Å². The number of likely N-dealkylation sites (tertiary alicyclic amines) is 1. The van der Waals surface area contributed by atoms with E-state index in [1.54, 1.807) is 0 Å². The number of halogens is 5. The number of aryl methyl sites for hydroxylation is 1. The van der Waals surface area contributed by atoms with Crippen molar-refractivity contribution in [1.82, 2.24) is 20.0 Å². The van der Waals surface area contributed by atoms with E-state index >= 15 is 0 Å². The van der Waals surface area contributed by atoms with Crippen molar-refractivity contribution in [2.45, 2.75) is 53.5 Å². The Morgan fingerprint density at radius 1 is 1.15 bits per heavy atom. The number of alkyl halides is 5. The summed E-state index contributed by atoms with van der Waals surface area (Å²) in [5.41, 5.74) is -1.64. The van der Waals surface area contributed by atoms with Crippen LogP contribution in [-0.4, -0.2) is 78.0 Å². The first-order chi connectivity index (χ1) is 19.1. The monoisotopic (exact) mass is 601 g/mol. The van der Waals surface area contributed by atoms with Crippen LogP contribution in [-0.2, 0) is 32.7 Å². The van der Waals surface area contributed by atoms with E-state index in [2.05, 4.69) is 22.1 Å². The number of benzene rings is 1. The highest BCUT2D eigenvalue weighted by molar-refractivity contribution is 7.92. The Kier molecular flexibility index (Phi) is 7.02. The number of aromatic nitrogens is 2. The van der Waals surface area contributed by atoms with Crippen LogP contribution in [0.4, 0.5) is 22.0 Å². The van der Waals surface area contributed by atoms with Gasteiger partial charge in [0, 0.05) is 18.8 Å². The lowest BCUT2D eigenvalue weighted by Crippen LogP contribution is -2.60. The molecule has 2 aromatic rings. The van der Waals surface area contributed by atoms with Gasteiger partial charge < -0.3 is 10.2 Å². The maximum absolute atomic E-state index is 14.2. The number of carbonyl (C=O) groups excluding carboxylic acids is 2. The number of hydrogen-bond acceptors (Lipinski definition) is 6. The molecule has 1 aliphatic heterocycles. The van der Waals surface area contributed by atoms with E-state index in [0.29, 0.717) is 18.5 Å². The van der Waals surface area contributed by atoms with Crippen LogP contribution in [0.5, 0.6) is 0 Å². The lowest BCUT2D eigenvalue weighted by molar-refractivity contribution is -0.171. The van der Waals surface area contributed by atoms with E-state index in [1.807, 2.05) is 0 Å². The van der Waals surface area contributed by atoms with E-state index < -0.39 is 92.8 Å². The number of nitrogens with zero attached hydrogens (tertiary/aromatic N) is 4. The van der Waals surface area contributed by atoms with E-state index in [-0.39, 0.29) is 12.1 Å². The summed E-state index contributed by atoms with van der Waals surface area (Å²) in [7, 11) is -3.20. The van der Waals surface area contributed by atoms with Crippen molar-refractivity contribution in [2.24, 2.45) is 23.9 Å². The number of hydrogen-bond donors (Lipinski definition) is 1. The molecule has 1 saturated heterocycles. The average Bonchev–Trinajstić information content (AvgIpc) is 3.26. The zero-order valence-electron chi connectivity index (χ0n) is 22.0. The molecule has 2 amide bonds. The molecule has 1 aromatic heterocycles. The molecular weight excluding hydrogens is 573 g/mol. The molecule has 3 fully saturated rings. The number of nitrogens with one attached hydrogen (secondary N) is 1. The van der Waals surface area contributed by atoms with E-state index in [1.165, 1.54) is 30.1 Å². The van der Waals surface area contributed by atoms with Gasteiger partial charge in [-0.25, -0.2) is 17.2 Å². The van der Waals surface area contributed by atoms with E-state index in [4.69, 9.17) is 0 Å². The molecule has 5 rings (SSSR count). The number of sulfone groups is 1. The second-order valence-electron chi connectivity index (χ2n) is 11.1. The number of aliphatic imine (C=N–C) groups is 1. The third kappa shape index (κ3) is 5.47. The van der Waals surface area contributed by atoms with Gasteiger partial charge in [0.05, 0.1) is 58.4 Å². The van der Waals surface area contributed by atoms with Crippen LogP contribution in [0.3, 0.4) is 0 Å². The lowest BCUT2D eigenvalue weighted by Gasteiger charge is -2.40. The van der Waals surface area contributed by atoms with Crippen molar-refractivity contribution in [3.05, 3.63) is 36.0 Å². The highest BCUT2D eigenvalue weighted by atomic mass is 32.2. The Morgan fingerprint density at radius 3 is 2.34 bits per heavy atom. The van der Waals surface area contributed by atoms with Gasteiger partial charge in [-0.2, -0.15) is 18.3 Å². The highest BCUT2D eigenvalue weighted by Crippen LogP contribution is 2.45. The van der Waals surface area contributed by atoms with E-state index in [0.717, 1.165) is 17.0 Å². The van der Waals surface area contributed by atoms with Gasteiger partial charge in [0.1, 0.15) is 0 Å². The molecule has 3 aliphatic rings. The maximum Gasteiger partial charge on any atom is 0.417 e. The van der Waals surface area contributed by atoms with Crippen LogP contribution in [0.15, 0.2) is 40.4 Å². The Balaban J connectivity index is 1.48. The van der Waals surface area contributed by atoms with Crippen molar-refractivity contribution in [1.29, 1.82) is 0 Å². The van der Waals surface area contributed by atoms with Gasteiger partial charge in [-0.3, -0.25) is 19.3 Å². The fourth-order valence-electron chi connectivity index (χ4n) is 5.75. The van der Waals surface area contributed by atoms with Crippen molar-refractivity contribution in [2.75, 3.05) is 19.6 Å². The summed E-state index contributed by atoms with van der Waals surface area (Å²) in [5.74, 6) is -7.09. The molecule has 3 unspecified atom stereocenters. The molecule has 1 aromatic carbocycles. The summed E-state index contributed by atoms with van der Waals surface area (Å²) >= 11 is 0. The van der Waals surface area contributed by atoms with Crippen molar-refractivity contribution < 1.29 is 40.0 Å². The summed E-state index contributed by atoms with van der Waals surface area (Å²) < 4.78 is 98.4. The number of amides is 2. The van der Waals surface area contributed by atoms with Crippen molar-refractivity contribution in [3.63, 3.8) is 0 Å². The lowest BCUT2D eigenvalue weighted by atomic mass is 9.92. The predicted molar refractivity (Wildman–Crippen MR) is 137 cm³/mol. The third-order valence-corrected chi connectivity index (χ3v) is 10.4. The molecule has 9 nitrogen and oxygen atoms in total. The average molecular weight is 602 g/mol. The van der Waals surface area contributed by atoms with Crippen molar-refractivity contribution in [3.8, 4) is 11.3 Å². The molecule has 15 heteroatoms. The largest absolute Gasteiger partial charge is 0.417 e. The normalized spacial score (nSPS) is 24.9. The highest BCUT2D eigenvalue weighted by Gasteiger charge is 2.55. The van der Waals surface area contributed by atoms with Crippen molar-refractivity contribution >= 4 is 28.4 Å². The third-order valence-electron chi connectivity index (χ3n) is 8.13. The van der Waals surface area contributed by atoms with E-state index in [9.17, 15) is 40.0 Å². The summed E-state index contributed by atoms with van der Waals surface area (Å²) in [6.45, 7) is 1.87. The summed E-state index contributed by atoms with van der Waals surface area (Å²) in [4.78, 5) is 30.2. The SMILES string of the molecule is C=NCC1(NC(=O)C2CC(S(=O)(=O)c3ccc(-c4ccnn4C)cc3C(F)(F)F)CC2C(=O)N2CC(F)(F)C2)CC1. The molecule has 0 bridgehead atoms. The van der Waals surface area contributed by atoms with Gasteiger partial charge in [0.25, 0.3) is 5.92 Å². The minimum atomic E-state index is -5.04. The minimum absolute atomic E-state index is 0.0947. The van der Waals surface area contributed by atoms with Crippen LogP contribution >= 0.6 is 0 Å². The second kappa shape index (κ2) is 9.88. The zero-order chi connectivity index (χ0) is 30.0. The van der Waals surface area contributed by atoms with Crippen LogP contribution in [0.1, 0.15) is 31.2 Å².